The second-order valence-corrected chi connectivity index (χ2v) is 5.08. The van der Waals surface area contributed by atoms with Crippen molar-refractivity contribution in [1.82, 2.24) is 3.59 Å². The average Bonchev–Trinajstić information content (AvgIpc) is 2.75. The molecule has 0 bridgehead atoms. The Balaban J connectivity index is 0.00000108. The van der Waals surface area contributed by atoms with Crippen molar-refractivity contribution >= 4 is 60.9 Å². The lowest BCUT2D eigenvalue weighted by molar-refractivity contribution is 0.476. The van der Waals surface area contributed by atoms with E-state index < -0.39 is 0 Å². The molecule has 88 valence electrons. The minimum atomic E-state index is -0.0665. The quantitative estimate of drug-likeness (QED) is 0.684. The average molecular weight is 333 g/mol. The van der Waals surface area contributed by atoms with Crippen molar-refractivity contribution in [1.29, 1.82) is 0 Å². The third-order valence-electron chi connectivity index (χ3n) is 2.52. The van der Waals surface area contributed by atoms with Crippen LogP contribution in [0.25, 0.3) is 21.0 Å². The van der Waals surface area contributed by atoms with Crippen LogP contribution >= 0.6 is 39.9 Å². The molecule has 17 heavy (non-hydrogen) atoms. The minimum absolute atomic E-state index is 0. The van der Waals surface area contributed by atoms with Crippen molar-refractivity contribution in [3.63, 3.8) is 0 Å². The number of nitrogens with zero attached hydrogens (tertiary/aromatic N) is 1. The van der Waals surface area contributed by atoms with Crippen LogP contribution in [-0.2, 0) is 0 Å². The van der Waals surface area contributed by atoms with E-state index in [1.807, 2.05) is 11.4 Å². The lowest BCUT2D eigenvalue weighted by atomic mass is 10.1. The highest BCUT2D eigenvalue weighted by atomic mass is 79.9. The van der Waals surface area contributed by atoms with E-state index in [0.29, 0.717) is 4.70 Å². The molecule has 0 aliphatic rings. The van der Waals surface area contributed by atoms with Gasteiger partial charge >= 0.3 is 0 Å². The number of benzene rings is 1. The van der Waals surface area contributed by atoms with Gasteiger partial charge in [0.1, 0.15) is 10.4 Å². The Morgan fingerprint density at radius 2 is 2.00 bits per heavy atom. The molecule has 0 radical (unpaired) electrons. The summed E-state index contributed by atoms with van der Waals surface area (Å²) < 4.78 is 2.12. The van der Waals surface area contributed by atoms with Gasteiger partial charge in [0.15, 0.2) is 0 Å². The summed E-state index contributed by atoms with van der Waals surface area (Å²) in [6, 6.07) is 6.85. The maximum atomic E-state index is 12.0. The highest BCUT2D eigenvalue weighted by Crippen LogP contribution is 2.29. The normalized spacial score (nSPS) is 10.6. The number of hydrogen-bond donors (Lipinski definition) is 1. The molecule has 0 saturated carbocycles. The van der Waals surface area contributed by atoms with Crippen molar-refractivity contribution in [2.75, 3.05) is 0 Å². The fourth-order valence-corrected chi connectivity index (χ4v) is 3.24. The summed E-state index contributed by atoms with van der Waals surface area (Å²) in [5, 5.41) is 13.1. The van der Waals surface area contributed by atoms with Gasteiger partial charge in [0.25, 0.3) is 5.56 Å². The molecule has 2 heterocycles. The molecule has 3 rings (SSSR count). The van der Waals surface area contributed by atoms with E-state index in [0.717, 1.165) is 16.3 Å². The first-order valence-corrected chi connectivity index (χ1v) is 6.18. The highest BCUT2D eigenvalue weighted by Gasteiger charge is 2.10. The molecule has 0 spiro atoms. The SMILES string of the molecule is Cl.O=c1c2sccc2c2cc(O)ccc2n1Br. The molecule has 3 aromatic rings. The van der Waals surface area contributed by atoms with Gasteiger partial charge in [-0.05, 0) is 29.6 Å². The maximum absolute atomic E-state index is 12.0. The molecule has 0 atom stereocenters. The van der Waals surface area contributed by atoms with E-state index in [1.165, 1.54) is 14.9 Å². The topological polar surface area (TPSA) is 42.2 Å². The zero-order valence-electron chi connectivity index (χ0n) is 8.38. The predicted molar refractivity (Wildman–Crippen MR) is 76.8 cm³/mol. The Bertz CT molecular complexity index is 765. The molecular weight excluding hydrogens is 326 g/mol. The molecule has 6 heteroatoms. The summed E-state index contributed by atoms with van der Waals surface area (Å²) in [5.74, 6) is 0.200. The van der Waals surface area contributed by atoms with Gasteiger partial charge < -0.3 is 5.11 Å². The second kappa shape index (κ2) is 4.33. The number of aromatic nitrogens is 1. The minimum Gasteiger partial charge on any atom is -0.508 e. The van der Waals surface area contributed by atoms with Crippen molar-refractivity contribution in [3.05, 3.63) is 40.0 Å². The molecule has 1 aromatic carbocycles. The number of thiophene rings is 1. The van der Waals surface area contributed by atoms with E-state index in [2.05, 4.69) is 16.1 Å². The zero-order valence-corrected chi connectivity index (χ0v) is 11.6. The van der Waals surface area contributed by atoms with Crippen LogP contribution < -0.4 is 5.56 Å². The number of aromatic hydroxyl groups is 1. The Labute approximate surface area is 115 Å². The number of halogens is 2. The molecule has 0 fully saturated rings. The smallest absolute Gasteiger partial charge is 0.279 e. The standard InChI is InChI=1S/C11H6BrNO2S.ClH/c12-13-9-2-1-6(14)5-8(9)7-3-4-16-10(7)11(13)15;/h1-5,14H;1H. The summed E-state index contributed by atoms with van der Waals surface area (Å²) in [5.41, 5.74) is 0.692. The van der Waals surface area contributed by atoms with Gasteiger partial charge in [-0.3, -0.25) is 4.79 Å². The van der Waals surface area contributed by atoms with Crippen LogP contribution in [0.15, 0.2) is 34.4 Å². The summed E-state index contributed by atoms with van der Waals surface area (Å²) >= 11 is 4.64. The summed E-state index contributed by atoms with van der Waals surface area (Å²) in [6.45, 7) is 0. The molecule has 0 saturated heterocycles. The van der Waals surface area contributed by atoms with Gasteiger partial charge in [0, 0.05) is 10.8 Å². The Hall–Kier alpha value is -1.04. The van der Waals surface area contributed by atoms with Crippen LogP contribution in [0.4, 0.5) is 0 Å². The number of pyridine rings is 1. The van der Waals surface area contributed by atoms with E-state index in [-0.39, 0.29) is 23.7 Å². The van der Waals surface area contributed by atoms with Crippen LogP contribution in [0, 0.1) is 0 Å². The van der Waals surface area contributed by atoms with Crippen LogP contribution in [-0.4, -0.2) is 8.70 Å². The van der Waals surface area contributed by atoms with E-state index >= 15 is 0 Å². The summed E-state index contributed by atoms with van der Waals surface area (Å²) in [4.78, 5) is 12.0. The van der Waals surface area contributed by atoms with Crippen LogP contribution in [0.3, 0.4) is 0 Å². The summed E-state index contributed by atoms with van der Waals surface area (Å²) in [7, 11) is 0. The van der Waals surface area contributed by atoms with Crippen LogP contribution in [0.2, 0.25) is 0 Å². The highest BCUT2D eigenvalue weighted by molar-refractivity contribution is 9.08. The lowest BCUT2D eigenvalue weighted by Crippen LogP contribution is -2.11. The molecular formula is C11H7BrClNO2S. The van der Waals surface area contributed by atoms with E-state index in [9.17, 15) is 9.90 Å². The maximum Gasteiger partial charge on any atom is 0.279 e. The third-order valence-corrected chi connectivity index (χ3v) is 4.13. The molecule has 0 amide bonds. The van der Waals surface area contributed by atoms with Crippen molar-refractivity contribution in [2.45, 2.75) is 0 Å². The zero-order chi connectivity index (χ0) is 11.3. The van der Waals surface area contributed by atoms with Gasteiger partial charge in [-0.2, -0.15) is 0 Å². The fourth-order valence-electron chi connectivity index (χ4n) is 1.80. The number of fused-ring (bicyclic) bond motifs is 3. The Morgan fingerprint density at radius 3 is 2.76 bits per heavy atom. The van der Waals surface area contributed by atoms with Gasteiger partial charge in [-0.15, -0.1) is 23.7 Å². The molecule has 3 nitrogen and oxygen atoms in total. The van der Waals surface area contributed by atoms with E-state index in [4.69, 9.17) is 0 Å². The molecule has 1 N–H and O–H groups in total. The van der Waals surface area contributed by atoms with Gasteiger partial charge in [0.2, 0.25) is 0 Å². The van der Waals surface area contributed by atoms with E-state index in [1.54, 1.807) is 18.2 Å². The van der Waals surface area contributed by atoms with Gasteiger partial charge in [0.05, 0.1) is 21.7 Å². The number of hydrogen-bond acceptors (Lipinski definition) is 3. The van der Waals surface area contributed by atoms with Gasteiger partial charge in [-0.1, -0.05) is 0 Å². The Morgan fingerprint density at radius 1 is 1.24 bits per heavy atom. The van der Waals surface area contributed by atoms with Crippen molar-refractivity contribution < 1.29 is 5.11 Å². The predicted octanol–water partition coefficient (Wildman–Crippen LogP) is 3.50. The Kier molecular flexibility index (Phi) is 3.16. The molecule has 0 aliphatic carbocycles. The summed E-state index contributed by atoms with van der Waals surface area (Å²) in [6.07, 6.45) is 0. The molecule has 2 aromatic heterocycles. The first-order valence-electron chi connectivity index (χ1n) is 4.59. The van der Waals surface area contributed by atoms with Crippen molar-refractivity contribution in [3.8, 4) is 5.75 Å². The monoisotopic (exact) mass is 331 g/mol. The number of phenolic OH excluding ortho intramolecular Hbond substituents is 1. The van der Waals surface area contributed by atoms with Gasteiger partial charge in [-0.25, -0.2) is 3.59 Å². The van der Waals surface area contributed by atoms with Crippen LogP contribution in [0.1, 0.15) is 0 Å². The third kappa shape index (κ3) is 1.74. The first kappa shape index (κ1) is 12.4. The first-order chi connectivity index (χ1) is 7.68. The molecule has 0 aliphatic heterocycles. The number of rotatable bonds is 0. The second-order valence-electron chi connectivity index (χ2n) is 3.45. The molecule has 0 unspecified atom stereocenters. The number of phenols is 1. The fraction of sp³-hybridized carbons (Fsp3) is 0. The van der Waals surface area contributed by atoms with Crippen LogP contribution in [0.5, 0.6) is 5.75 Å². The largest absolute Gasteiger partial charge is 0.508 e. The van der Waals surface area contributed by atoms with Crippen molar-refractivity contribution in [2.24, 2.45) is 0 Å². The lowest BCUT2D eigenvalue weighted by Gasteiger charge is -2.04.